The van der Waals surface area contributed by atoms with Crippen molar-refractivity contribution in [2.24, 2.45) is 0 Å². The van der Waals surface area contributed by atoms with Crippen LogP contribution < -0.4 is 0 Å². The summed E-state index contributed by atoms with van der Waals surface area (Å²) in [5.41, 5.74) is -0.349. The first-order valence-corrected chi connectivity index (χ1v) is 5.42. The molecule has 0 aromatic carbocycles. The van der Waals surface area contributed by atoms with Crippen LogP contribution in [0.4, 0.5) is 13.2 Å². The van der Waals surface area contributed by atoms with E-state index in [0.29, 0.717) is 17.7 Å². The van der Waals surface area contributed by atoms with E-state index in [-0.39, 0.29) is 5.02 Å². The van der Waals surface area contributed by atoms with Gasteiger partial charge < -0.3 is 4.42 Å². The normalized spacial score (nSPS) is 11.2. The highest BCUT2D eigenvalue weighted by molar-refractivity contribution is 6.31. The van der Waals surface area contributed by atoms with Crippen LogP contribution in [-0.4, -0.2) is 0 Å². The summed E-state index contributed by atoms with van der Waals surface area (Å²) >= 11 is 5.96. The Labute approximate surface area is 103 Å². The number of alkyl halides is 3. The molecule has 1 nitrogen and oxygen atoms in total. The van der Waals surface area contributed by atoms with E-state index in [4.69, 9.17) is 16.0 Å². The maximum atomic E-state index is 12.7. The molecule has 0 saturated heterocycles. The summed E-state index contributed by atoms with van der Waals surface area (Å²) in [7, 11) is 0. The molecule has 0 N–H and O–H groups in total. The molecule has 0 aliphatic heterocycles. The summed E-state index contributed by atoms with van der Waals surface area (Å²) in [6.07, 6.45) is -2.83. The molecular weight excluding hydrogens is 253 g/mol. The van der Waals surface area contributed by atoms with Gasteiger partial charge in [-0.1, -0.05) is 18.5 Å². The lowest BCUT2D eigenvalue weighted by Gasteiger charge is -2.05. The smallest absolute Gasteiger partial charge is 0.416 e. The summed E-state index contributed by atoms with van der Waals surface area (Å²) in [4.78, 5) is 0. The molecule has 0 fully saturated rings. The van der Waals surface area contributed by atoms with Crippen molar-refractivity contribution < 1.29 is 17.6 Å². The van der Waals surface area contributed by atoms with E-state index in [1.54, 1.807) is 13.8 Å². The average Bonchev–Trinajstić information content (AvgIpc) is 2.30. The predicted octanol–water partition coefficient (Wildman–Crippen LogP) is 4.95. The molecule has 1 heterocycles. The zero-order valence-electron chi connectivity index (χ0n) is 9.44. The van der Waals surface area contributed by atoms with Gasteiger partial charge in [-0.25, -0.2) is 0 Å². The van der Waals surface area contributed by atoms with E-state index in [1.165, 1.54) is 12.3 Å². The molecule has 5 heteroatoms. The summed E-state index contributed by atoms with van der Waals surface area (Å²) in [6.45, 7) is 3.34. The number of rotatable bonds is 1. The first-order valence-electron chi connectivity index (χ1n) is 5.04. The first-order chi connectivity index (χ1) is 7.86. The maximum Gasteiger partial charge on any atom is 0.416 e. The van der Waals surface area contributed by atoms with Gasteiger partial charge in [-0.2, -0.15) is 13.2 Å². The van der Waals surface area contributed by atoms with Crippen LogP contribution in [0.15, 0.2) is 28.9 Å². The number of hydrogen-bond acceptors (Lipinski definition) is 1. The summed E-state index contributed by atoms with van der Waals surface area (Å²) in [6, 6.07) is 3.20. The second-order valence-electron chi connectivity index (χ2n) is 3.46. The highest BCUT2D eigenvalue weighted by Crippen LogP contribution is 2.30. The van der Waals surface area contributed by atoms with Gasteiger partial charge >= 0.3 is 6.18 Å². The highest BCUT2D eigenvalue weighted by atomic mass is 35.5. The Bertz CT molecular complexity index is 448. The second kappa shape index (κ2) is 5.45. The first kappa shape index (κ1) is 13.9. The van der Waals surface area contributed by atoms with Gasteiger partial charge in [0.15, 0.2) is 0 Å². The van der Waals surface area contributed by atoms with Gasteiger partial charge in [0, 0.05) is 0 Å². The molecule has 0 aliphatic carbocycles. The van der Waals surface area contributed by atoms with E-state index in [1.807, 2.05) is 0 Å². The van der Waals surface area contributed by atoms with E-state index in [9.17, 15) is 13.2 Å². The Kier molecular flexibility index (Phi) is 4.46. The van der Waals surface area contributed by atoms with Crippen LogP contribution in [0.1, 0.15) is 23.8 Å². The standard InChI is InChI=1S/C12H12ClF3O/c1-3-9-7-10(12(14,15)16)5-4-6-17-8(2)11(9)13/h4-7H,3H2,1-2H3. The molecule has 0 aliphatic rings. The topological polar surface area (TPSA) is 13.1 Å². The van der Waals surface area contributed by atoms with Crippen molar-refractivity contribution in [3.05, 3.63) is 46.4 Å². The molecule has 0 atom stereocenters. The molecule has 94 valence electrons. The van der Waals surface area contributed by atoms with Crippen molar-refractivity contribution in [3.63, 3.8) is 0 Å². The Morgan fingerprint density at radius 3 is 2.53 bits per heavy atom. The quantitative estimate of drug-likeness (QED) is 0.700. The zero-order valence-corrected chi connectivity index (χ0v) is 10.2. The van der Waals surface area contributed by atoms with E-state index >= 15 is 0 Å². The maximum absolute atomic E-state index is 12.7. The van der Waals surface area contributed by atoms with Gasteiger partial charge in [0.1, 0.15) is 5.76 Å². The highest BCUT2D eigenvalue weighted by Gasteiger charge is 2.30. The van der Waals surface area contributed by atoms with Crippen LogP contribution in [0, 0.1) is 6.92 Å². The summed E-state index contributed by atoms with van der Waals surface area (Å²) in [5, 5.41) is 0.217. The lowest BCUT2D eigenvalue weighted by molar-refractivity contribution is -0.137. The Morgan fingerprint density at radius 1 is 1.35 bits per heavy atom. The van der Waals surface area contributed by atoms with Crippen LogP contribution in [0.5, 0.6) is 0 Å². The average molecular weight is 265 g/mol. The van der Waals surface area contributed by atoms with Crippen molar-refractivity contribution in [1.82, 2.24) is 0 Å². The van der Waals surface area contributed by atoms with Crippen LogP contribution in [0.2, 0.25) is 5.02 Å². The number of halogens is 4. The molecule has 0 radical (unpaired) electrons. The fourth-order valence-corrected chi connectivity index (χ4v) is 1.53. The van der Waals surface area contributed by atoms with Gasteiger partial charge in [0.25, 0.3) is 0 Å². The van der Waals surface area contributed by atoms with Crippen LogP contribution >= 0.6 is 11.6 Å². The largest absolute Gasteiger partial charge is 0.468 e. The van der Waals surface area contributed by atoms with Gasteiger partial charge in [0.2, 0.25) is 0 Å². The fraction of sp³-hybridized carbons (Fsp3) is 0.333. The Balaban J connectivity index is 3.60. The minimum atomic E-state index is -4.40. The molecule has 0 saturated carbocycles. The molecule has 0 amide bonds. The van der Waals surface area contributed by atoms with Crippen molar-refractivity contribution in [3.8, 4) is 0 Å². The van der Waals surface area contributed by atoms with Crippen LogP contribution in [0.3, 0.4) is 0 Å². The zero-order chi connectivity index (χ0) is 13.1. The molecule has 1 aromatic heterocycles. The minimum Gasteiger partial charge on any atom is -0.468 e. The molecule has 1 rings (SSSR count). The van der Waals surface area contributed by atoms with Crippen molar-refractivity contribution in [2.45, 2.75) is 26.4 Å². The van der Waals surface area contributed by atoms with Gasteiger partial charge in [-0.3, -0.25) is 0 Å². The summed E-state index contributed by atoms with van der Waals surface area (Å²) in [5.74, 6) is 0.382. The Hall–Kier alpha value is -1.16. The summed E-state index contributed by atoms with van der Waals surface area (Å²) < 4.78 is 43.1. The molecule has 17 heavy (non-hydrogen) atoms. The van der Waals surface area contributed by atoms with Gasteiger partial charge in [-0.05, 0) is 37.1 Å². The number of aryl methyl sites for hydroxylation is 2. The van der Waals surface area contributed by atoms with E-state index in [2.05, 4.69) is 0 Å². The predicted molar refractivity (Wildman–Crippen MR) is 60.5 cm³/mol. The SMILES string of the molecule is CCc1cc(C(F)(F)F)cccoc(C)c1Cl. The molecule has 1 aromatic rings. The third kappa shape index (κ3) is 3.66. The monoisotopic (exact) mass is 264 g/mol. The minimum absolute atomic E-state index is 0.217. The molecule has 0 spiro atoms. The van der Waals surface area contributed by atoms with Crippen molar-refractivity contribution >= 4 is 11.6 Å². The lowest BCUT2D eigenvalue weighted by atomic mass is 10.1. The van der Waals surface area contributed by atoms with Gasteiger partial charge in [0.05, 0.1) is 16.8 Å². The molecule has 0 unspecified atom stereocenters. The lowest BCUT2D eigenvalue weighted by Crippen LogP contribution is -2.04. The second-order valence-corrected chi connectivity index (χ2v) is 3.84. The van der Waals surface area contributed by atoms with Crippen molar-refractivity contribution in [1.29, 1.82) is 0 Å². The van der Waals surface area contributed by atoms with Crippen molar-refractivity contribution in [2.75, 3.05) is 0 Å². The number of hydrogen-bond donors (Lipinski definition) is 0. The molecule has 0 bridgehead atoms. The van der Waals surface area contributed by atoms with Gasteiger partial charge in [-0.15, -0.1) is 0 Å². The van der Waals surface area contributed by atoms with E-state index in [0.717, 1.165) is 12.1 Å². The Morgan fingerprint density at radius 2 is 2.00 bits per heavy atom. The fourth-order valence-electron chi connectivity index (χ4n) is 1.29. The van der Waals surface area contributed by atoms with E-state index < -0.39 is 11.7 Å². The third-order valence-corrected chi connectivity index (χ3v) is 2.74. The molecular formula is C12H12ClF3O. The van der Waals surface area contributed by atoms with Crippen LogP contribution in [-0.2, 0) is 12.6 Å². The third-order valence-electron chi connectivity index (χ3n) is 2.23. The van der Waals surface area contributed by atoms with Crippen LogP contribution in [0.25, 0.3) is 0 Å².